The van der Waals surface area contributed by atoms with Gasteiger partial charge in [-0.2, -0.15) is 0 Å². The van der Waals surface area contributed by atoms with Gasteiger partial charge in [-0.25, -0.2) is 4.79 Å². The minimum absolute atomic E-state index is 0.00131. The van der Waals surface area contributed by atoms with Gasteiger partial charge in [-0.3, -0.25) is 4.21 Å². The second kappa shape index (κ2) is 6.10. The molecule has 0 spiro atoms. The lowest BCUT2D eigenvalue weighted by molar-refractivity contribution is -0.156. The van der Waals surface area contributed by atoms with Crippen molar-refractivity contribution in [2.45, 2.75) is 18.9 Å². The molecule has 0 radical (unpaired) electrons. The molecule has 0 bridgehead atoms. The van der Waals surface area contributed by atoms with Crippen LogP contribution in [0.5, 0.6) is 0 Å². The van der Waals surface area contributed by atoms with Gasteiger partial charge in [0.2, 0.25) is 0 Å². The molecule has 5 nitrogen and oxygen atoms in total. The van der Waals surface area contributed by atoms with Gasteiger partial charge in [0, 0.05) is 29.4 Å². The number of carboxylic acid groups (broad SMARTS) is 1. The molecule has 0 aliphatic heterocycles. The minimum Gasteiger partial charge on any atom is -0.479 e. The molecule has 3 N–H and O–H groups in total. The molecule has 0 heterocycles. The number of hydrogen-bond donors (Lipinski definition) is 3. The van der Waals surface area contributed by atoms with Crippen LogP contribution in [0.4, 0.5) is 0 Å². The maximum absolute atomic E-state index is 10.7. The molecule has 0 saturated heterocycles. The van der Waals surface area contributed by atoms with Gasteiger partial charge < -0.3 is 15.5 Å². The first-order valence-electron chi connectivity index (χ1n) is 4.33. The fraction of sp³-hybridized carbons (Fsp3) is 0.875. The molecular formula is C8H17NO4S. The summed E-state index contributed by atoms with van der Waals surface area (Å²) in [6.45, 7) is 1.79. The van der Waals surface area contributed by atoms with E-state index in [-0.39, 0.29) is 6.54 Å². The molecule has 0 fully saturated rings. The number of nitrogens with one attached hydrogen (secondary N) is 1. The average molecular weight is 223 g/mol. The largest absolute Gasteiger partial charge is 0.479 e. The van der Waals surface area contributed by atoms with Gasteiger partial charge in [-0.1, -0.05) is 0 Å². The summed E-state index contributed by atoms with van der Waals surface area (Å²) < 4.78 is 10.7. The molecule has 14 heavy (non-hydrogen) atoms. The first-order valence-corrected chi connectivity index (χ1v) is 6.05. The Morgan fingerprint density at radius 2 is 2.14 bits per heavy atom. The van der Waals surface area contributed by atoms with E-state index >= 15 is 0 Å². The molecule has 0 aromatic heterocycles. The first-order chi connectivity index (χ1) is 6.36. The van der Waals surface area contributed by atoms with Crippen LogP contribution in [0.25, 0.3) is 0 Å². The molecule has 0 aliphatic carbocycles. The zero-order valence-electron chi connectivity index (χ0n) is 8.45. The summed E-state index contributed by atoms with van der Waals surface area (Å²) >= 11 is 0. The normalized spacial score (nSPS) is 17.4. The van der Waals surface area contributed by atoms with Crippen molar-refractivity contribution in [3.8, 4) is 0 Å². The fourth-order valence-electron chi connectivity index (χ4n) is 0.808. The Bertz CT molecular complexity index is 217. The van der Waals surface area contributed by atoms with Crippen LogP contribution in [-0.4, -0.2) is 51.1 Å². The van der Waals surface area contributed by atoms with E-state index in [2.05, 4.69) is 5.32 Å². The molecule has 0 aromatic rings. The number of carboxylic acids is 1. The third-order valence-electron chi connectivity index (χ3n) is 1.72. The van der Waals surface area contributed by atoms with E-state index in [0.717, 1.165) is 0 Å². The highest BCUT2D eigenvalue weighted by Crippen LogP contribution is 2.00. The van der Waals surface area contributed by atoms with Crippen molar-refractivity contribution in [3.63, 3.8) is 0 Å². The van der Waals surface area contributed by atoms with Crippen LogP contribution in [0.2, 0.25) is 0 Å². The molecule has 6 heteroatoms. The van der Waals surface area contributed by atoms with Crippen molar-refractivity contribution < 1.29 is 19.2 Å². The van der Waals surface area contributed by atoms with Gasteiger partial charge in [0.25, 0.3) is 0 Å². The van der Waals surface area contributed by atoms with Crippen molar-refractivity contribution in [2.24, 2.45) is 0 Å². The van der Waals surface area contributed by atoms with E-state index in [1.807, 2.05) is 0 Å². The van der Waals surface area contributed by atoms with E-state index in [4.69, 9.17) is 5.11 Å². The van der Waals surface area contributed by atoms with Gasteiger partial charge in [0.15, 0.2) is 5.60 Å². The predicted octanol–water partition coefficient (Wildman–Crippen LogP) is -0.820. The lowest BCUT2D eigenvalue weighted by Gasteiger charge is -2.18. The van der Waals surface area contributed by atoms with E-state index in [0.29, 0.717) is 18.7 Å². The van der Waals surface area contributed by atoms with Gasteiger partial charge in [-0.05, 0) is 19.9 Å². The number of carbonyl (C=O) groups is 1. The third-order valence-corrected chi connectivity index (χ3v) is 2.58. The summed E-state index contributed by atoms with van der Waals surface area (Å²) in [5.74, 6) is -0.661. The number of aliphatic hydroxyl groups is 1. The molecule has 2 unspecified atom stereocenters. The quantitative estimate of drug-likeness (QED) is 0.491. The summed E-state index contributed by atoms with van der Waals surface area (Å²) in [6.07, 6.45) is 2.33. The molecule has 84 valence electrons. The van der Waals surface area contributed by atoms with Crippen LogP contribution in [0.3, 0.4) is 0 Å². The van der Waals surface area contributed by atoms with Crippen LogP contribution in [-0.2, 0) is 15.6 Å². The Morgan fingerprint density at radius 3 is 2.57 bits per heavy atom. The smallest absolute Gasteiger partial charge is 0.336 e. The zero-order valence-corrected chi connectivity index (χ0v) is 9.26. The van der Waals surface area contributed by atoms with E-state index in [9.17, 15) is 14.1 Å². The summed E-state index contributed by atoms with van der Waals surface area (Å²) in [6, 6.07) is 0. The maximum atomic E-state index is 10.7. The molecular weight excluding hydrogens is 206 g/mol. The minimum atomic E-state index is -1.73. The Balaban J connectivity index is 3.54. The van der Waals surface area contributed by atoms with E-state index in [1.54, 1.807) is 6.26 Å². The average Bonchev–Trinajstić information content (AvgIpc) is 2.02. The van der Waals surface area contributed by atoms with Crippen LogP contribution in [0, 0.1) is 0 Å². The fourth-order valence-corrected chi connectivity index (χ4v) is 1.36. The SMILES string of the molecule is CS(=O)CCCNCC(C)(O)C(=O)O. The zero-order chi connectivity index (χ0) is 11.2. The van der Waals surface area contributed by atoms with Gasteiger partial charge in [0.05, 0.1) is 0 Å². The van der Waals surface area contributed by atoms with Gasteiger partial charge >= 0.3 is 5.97 Å². The molecule has 0 aliphatic rings. The van der Waals surface area contributed by atoms with Gasteiger partial charge in [0.1, 0.15) is 0 Å². The lowest BCUT2D eigenvalue weighted by Crippen LogP contribution is -2.45. The van der Waals surface area contributed by atoms with Crippen molar-refractivity contribution in [2.75, 3.05) is 25.1 Å². The highest BCUT2D eigenvalue weighted by atomic mass is 32.2. The third kappa shape index (κ3) is 6.06. The van der Waals surface area contributed by atoms with Crippen LogP contribution < -0.4 is 5.32 Å². The van der Waals surface area contributed by atoms with E-state index in [1.165, 1.54) is 6.92 Å². The van der Waals surface area contributed by atoms with Crippen LogP contribution in [0.1, 0.15) is 13.3 Å². The maximum Gasteiger partial charge on any atom is 0.336 e. The summed E-state index contributed by atoms with van der Waals surface area (Å²) in [4.78, 5) is 10.5. The first kappa shape index (κ1) is 13.5. The topological polar surface area (TPSA) is 86.6 Å². The molecule has 0 aromatic carbocycles. The molecule has 0 rings (SSSR count). The second-order valence-electron chi connectivity index (χ2n) is 3.39. The summed E-state index contributed by atoms with van der Waals surface area (Å²) in [7, 11) is -0.818. The van der Waals surface area contributed by atoms with Crippen molar-refractivity contribution >= 4 is 16.8 Å². The summed E-state index contributed by atoms with van der Waals surface area (Å²) in [5, 5.41) is 20.6. The Labute approximate surface area is 86.0 Å². The van der Waals surface area contributed by atoms with E-state index < -0.39 is 22.4 Å². The lowest BCUT2D eigenvalue weighted by atomic mass is 10.1. The number of rotatable bonds is 7. The van der Waals surface area contributed by atoms with Crippen molar-refractivity contribution in [1.82, 2.24) is 5.32 Å². The molecule has 2 atom stereocenters. The van der Waals surface area contributed by atoms with Gasteiger partial charge in [-0.15, -0.1) is 0 Å². The van der Waals surface area contributed by atoms with Crippen molar-refractivity contribution in [1.29, 1.82) is 0 Å². The Hall–Kier alpha value is -0.460. The van der Waals surface area contributed by atoms with Crippen molar-refractivity contribution in [3.05, 3.63) is 0 Å². The highest BCUT2D eigenvalue weighted by Gasteiger charge is 2.28. The monoisotopic (exact) mass is 223 g/mol. The Morgan fingerprint density at radius 1 is 1.57 bits per heavy atom. The Kier molecular flexibility index (Phi) is 5.90. The highest BCUT2D eigenvalue weighted by molar-refractivity contribution is 7.84. The second-order valence-corrected chi connectivity index (χ2v) is 4.94. The number of aliphatic carboxylic acids is 1. The summed E-state index contributed by atoms with van der Waals surface area (Å²) in [5.41, 5.74) is -1.73. The predicted molar refractivity (Wildman–Crippen MR) is 54.7 cm³/mol. The number of hydrogen-bond acceptors (Lipinski definition) is 4. The molecule has 0 amide bonds. The standard InChI is InChI=1S/C8H17NO4S/c1-8(12,7(10)11)6-9-4-3-5-14(2)13/h9,12H,3-6H2,1-2H3,(H,10,11). The van der Waals surface area contributed by atoms with Crippen LogP contribution >= 0.6 is 0 Å². The van der Waals surface area contributed by atoms with Crippen LogP contribution in [0.15, 0.2) is 0 Å². The molecule has 0 saturated carbocycles.